The lowest BCUT2D eigenvalue weighted by atomic mass is 10.1. The van der Waals surface area contributed by atoms with Gasteiger partial charge in [0.05, 0.1) is 11.9 Å². The molecule has 1 N–H and O–H groups in total. The van der Waals surface area contributed by atoms with Gasteiger partial charge >= 0.3 is 0 Å². The molecule has 0 aliphatic rings. The molecule has 0 saturated heterocycles. The summed E-state index contributed by atoms with van der Waals surface area (Å²) >= 11 is 5.96. The summed E-state index contributed by atoms with van der Waals surface area (Å²) in [5.41, 5.74) is 1.41. The molecule has 0 radical (unpaired) electrons. The van der Waals surface area contributed by atoms with E-state index in [2.05, 4.69) is 5.32 Å². The van der Waals surface area contributed by atoms with Gasteiger partial charge in [0.25, 0.3) is 0 Å². The van der Waals surface area contributed by atoms with Gasteiger partial charge in [-0.3, -0.25) is 13.9 Å². The Labute approximate surface area is 195 Å². The van der Waals surface area contributed by atoms with Gasteiger partial charge in [0.1, 0.15) is 6.04 Å². The van der Waals surface area contributed by atoms with Gasteiger partial charge in [-0.15, -0.1) is 0 Å². The number of nitrogens with one attached hydrogen (secondary N) is 1. The van der Waals surface area contributed by atoms with Gasteiger partial charge in [0.15, 0.2) is 0 Å². The van der Waals surface area contributed by atoms with Crippen LogP contribution in [0.25, 0.3) is 0 Å². The van der Waals surface area contributed by atoms with E-state index in [1.165, 1.54) is 4.31 Å². The smallest absolute Gasteiger partial charge is 0.242 e. The van der Waals surface area contributed by atoms with Gasteiger partial charge in [-0.2, -0.15) is 0 Å². The van der Waals surface area contributed by atoms with E-state index < -0.39 is 16.1 Å². The summed E-state index contributed by atoms with van der Waals surface area (Å²) < 4.78 is 25.8. The van der Waals surface area contributed by atoms with E-state index >= 15 is 0 Å². The van der Waals surface area contributed by atoms with Crippen LogP contribution in [-0.4, -0.2) is 51.0 Å². The molecule has 2 aromatic carbocycles. The number of carbonyl (C=O) groups excluding carboxylic acids is 2. The Kier molecular flexibility index (Phi) is 9.53. The van der Waals surface area contributed by atoms with Crippen molar-refractivity contribution in [2.75, 3.05) is 24.2 Å². The van der Waals surface area contributed by atoms with Crippen molar-refractivity contribution < 1.29 is 18.0 Å². The molecule has 2 amide bonds. The number of carbonyl (C=O) groups is 2. The summed E-state index contributed by atoms with van der Waals surface area (Å²) in [5.74, 6) is -0.450. The third-order valence-electron chi connectivity index (χ3n) is 5.09. The molecule has 7 nitrogen and oxygen atoms in total. The maximum absolute atomic E-state index is 13.2. The summed E-state index contributed by atoms with van der Waals surface area (Å²) in [5, 5.41) is 3.21. The number of amides is 2. The fraction of sp³-hybridized carbons (Fsp3) is 0.391. The molecule has 2 aromatic rings. The van der Waals surface area contributed by atoms with Crippen molar-refractivity contribution in [2.45, 2.75) is 38.8 Å². The van der Waals surface area contributed by atoms with E-state index in [0.717, 1.165) is 11.8 Å². The topological polar surface area (TPSA) is 86.8 Å². The average molecular weight is 480 g/mol. The Hall–Kier alpha value is -2.58. The molecule has 0 heterocycles. The van der Waals surface area contributed by atoms with Gasteiger partial charge in [-0.25, -0.2) is 8.42 Å². The number of halogens is 1. The fourth-order valence-corrected chi connectivity index (χ4v) is 4.56. The molecule has 0 unspecified atom stereocenters. The minimum absolute atomic E-state index is 0.111. The second-order valence-corrected chi connectivity index (χ2v) is 9.80. The van der Waals surface area contributed by atoms with Crippen LogP contribution in [0.2, 0.25) is 5.02 Å². The zero-order valence-electron chi connectivity index (χ0n) is 18.6. The Morgan fingerprint density at radius 2 is 1.69 bits per heavy atom. The molecule has 0 aromatic heterocycles. The SMILES string of the molecule is CC[C@H](C(=O)NC)N(Cc1ccc(Cl)cc1)C(=O)CCCN(c1ccccc1)S(C)(=O)=O. The molecule has 0 spiro atoms. The Morgan fingerprint density at radius 1 is 1.06 bits per heavy atom. The van der Waals surface area contributed by atoms with Crippen molar-refractivity contribution in [2.24, 2.45) is 0 Å². The molecule has 1 atom stereocenters. The third kappa shape index (κ3) is 7.24. The lowest BCUT2D eigenvalue weighted by molar-refractivity contribution is -0.141. The minimum Gasteiger partial charge on any atom is -0.357 e. The van der Waals surface area contributed by atoms with Crippen LogP contribution in [0.5, 0.6) is 0 Å². The van der Waals surface area contributed by atoms with Crippen LogP contribution in [0.1, 0.15) is 31.7 Å². The summed E-state index contributed by atoms with van der Waals surface area (Å²) in [4.78, 5) is 27.1. The standard InChI is InChI=1S/C23H30ClN3O4S/c1-4-21(23(29)25-2)26(17-18-12-14-19(24)15-13-18)22(28)11-8-16-27(32(3,30)31)20-9-6-5-7-10-20/h5-7,9-10,12-15,21H,4,8,11,16-17H2,1-3H3,(H,25,29)/t21-/m1/s1. The highest BCUT2D eigenvalue weighted by atomic mass is 35.5. The molecular formula is C23H30ClN3O4S. The Balaban J connectivity index is 2.15. The third-order valence-corrected chi connectivity index (χ3v) is 6.54. The first-order valence-corrected chi connectivity index (χ1v) is 12.7. The zero-order valence-corrected chi connectivity index (χ0v) is 20.2. The van der Waals surface area contributed by atoms with Crippen LogP contribution in [0.15, 0.2) is 54.6 Å². The van der Waals surface area contributed by atoms with Crippen LogP contribution in [0.3, 0.4) is 0 Å². The normalized spacial score (nSPS) is 12.1. The van der Waals surface area contributed by atoms with Gasteiger partial charge in [-0.1, -0.05) is 48.9 Å². The van der Waals surface area contributed by atoms with Crippen molar-refractivity contribution >= 4 is 39.1 Å². The van der Waals surface area contributed by atoms with Gasteiger partial charge in [-0.05, 0) is 42.7 Å². The molecule has 0 bridgehead atoms. The molecule has 9 heteroatoms. The molecule has 0 saturated carbocycles. The molecule has 0 fully saturated rings. The molecule has 0 aliphatic heterocycles. The van der Waals surface area contributed by atoms with E-state index in [-0.39, 0.29) is 31.3 Å². The van der Waals surface area contributed by atoms with Crippen molar-refractivity contribution in [3.63, 3.8) is 0 Å². The number of nitrogens with zero attached hydrogens (tertiary/aromatic N) is 2. The van der Waals surface area contributed by atoms with E-state index in [9.17, 15) is 18.0 Å². The molecule has 0 aliphatic carbocycles. The first-order valence-electron chi connectivity index (χ1n) is 10.5. The van der Waals surface area contributed by atoms with E-state index in [4.69, 9.17) is 11.6 Å². The summed E-state index contributed by atoms with van der Waals surface area (Å²) in [6.07, 6.45) is 2.04. The average Bonchev–Trinajstić information content (AvgIpc) is 2.77. The van der Waals surface area contributed by atoms with Gasteiger partial charge < -0.3 is 10.2 Å². The van der Waals surface area contributed by atoms with Crippen molar-refractivity contribution in [1.29, 1.82) is 0 Å². The number of hydrogen-bond donors (Lipinski definition) is 1. The maximum Gasteiger partial charge on any atom is 0.242 e. The number of likely N-dealkylation sites (N-methyl/N-ethyl adjacent to an activating group) is 1. The number of sulfonamides is 1. The lowest BCUT2D eigenvalue weighted by Crippen LogP contribution is -2.48. The van der Waals surface area contributed by atoms with E-state index in [1.807, 2.05) is 25.1 Å². The van der Waals surface area contributed by atoms with Crippen LogP contribution >= 0.6 is 11.6 Å². The number of benzene rings is 2. The molecule has 174 valence electrons. The summed E-state index contributed by atoms with van der Waals surface area (Å²) in [6.45, 7) is 2.28. The van der Waals surface area contributed by atoms with Crippen molar-refractivity contribution in [3.05, 3.63) is 65.2 Å². The summed E-state index contributed by atoms with van der Waals surface area (Å²) in [7, 11) is -1.95. The molecule has 2 rings (SSSR count). The highest BCUT2D eigenvalue weighted by Crippen LogP contribution is 2.19. The predicted molar refractivity (Wildman–Crippen MR) is 128 cm³/mol. The van der Waals surface area contributed by atoms with Crippen LogP contribution in [0.4, 0.5) is 5.69 Å². The van der Waals surface area contributed by atoms with E-state index in [0.29, 0.717) is 23.6 Å². The maximum atomic E-state index is 13.2. The minimum atomic E-state index is -3.50. The lowest BCUT2D eigenvalue weighted by Gasteiger charge is -2.30. The Morgan fingerprint density at radius 3 is 2.22 bits per heavy atom. The number of para-hydroxylation sites is 1. The largest absolute Gasteiger partial charge is 0.357 e. The second kappa shape index (κ2) is 11.9. The predicted octanol–water partition coefficient (Wildman–Crippen LogP) is 3.44. The monoisotopic (exact) mass is 479 g/mol. The van der Waals surface area contributed by atoms with Crippen LogP contribution < -0.4 is 9.62 Å². The van der Waals surface area contributed by atoms with Crippen molar-refractivity contribution in [3.8, 4) is 0 Å². The van der Waals surface area contributed by atoms with Gasteiger partial charge in [0, 0.05) is 31.6 Å². The fourth-order valence-electron chi connectivity index (χ4n) is 3.47. The highest BCUT2D eigenvalue weighted by Gasteiger charge is 2.28. The zero-order chi connectivity index (χ0) is 23.7. The van der Waals surface area contributed by atoms with Gasteiger partial charge in [0.2, 0.25) is 21.8 Å². The van der Waals surface area contributed by atoms with Crippen molar-refractivity contribution in [1.82, 2.24) is 10.2 Å². The first kappa shape index (κ1) is 25.7. The van der Waals surface area contributed by atoms with Crippen LogP contribution in [0, 0.1) is 0 Å². The summed E-state index contributed by atoms with van der Waals surface area (Å²) in [6, 6.07) is 15.3. The number of anilines is 1. The first-order chi connectivity index (χ1) is 15.2. The second-order valence-electron chi connectivity index (χ2n) is 7.46. The number of hydrogen-bond acceptors (Lipinski definition) is 4. The Bertz CT molecular complexity index is 998. The van der Waals surface area contributed by atoms with E-state index in [1.54, 1.807) is 48.3 Å². The molecular weight excluding hydrogens is 450 g/mol. The van der Waals surface area contributed by atoms with Crippen LogP contribution in [-0.2, 0) is 26.2 Å². The molecule has 32 heavy (non-hydrogen) atoms. The quantitative estimate of drug-likeness (QED) is 0.534. The number of rotatable bonds is 11. The highest BCUT2D eigenvalue weighted by molar-refractivity contribution is 7.92.